The van der Waals surface area contributed by atoms with Crippen LogP contribution >= 0.6 is 0 Å². The lowest BCUT2D eigenvalue weighted by Crippen LogP contribution is -2.24. The number of ether oxygens (including phenoxy) is 3. The summed E-state index contributed by atoms with van der Waals surface area (Å²) in [5.74, 6) is -2.28. The lowest BCUT2D eigenvalue weighted by molar-refractivity contribution is -0.145. The third-order valence-corrected chi connectivity index (χ3v) is 2.77. The first-order valence-corrected chi connectivity index (χ1v) is 6.38. The molecule has 1 rings (SSSR count). The molecule has 0 fully saturated rings. The smallest absolute Gasteiger partial charge is 0.338 e. The van der Waals surface area contributed by atoms with Gasteiger partial charge in [0, 0.05) is 0 Å². The van der Waals surface area contributed by atoms with Crippen molar-refractivity contribution in [3.8, 4) is 0 Å². The van der Waals surface area contributed by atoms with Crippen LogP contribution < -0.4 is 0 Å². The minimum Gasteiger partial charge on any atom is -0.469 e. The topological polar surface area (TPSA) is 78.9 Å². The van der Waals surface area contributed by atoms with Crippen LogP contribution in [0.15, 0.2) is 23.3 Å². The van der Waals surface area contributed by atoms with E-state index in [4.69, 9.17) is 9.47 Å². The average Bonchev–Trinajstić information content (AvgIpc) is 2.46. The molecule has 0 aromatic carbocycles. The van der Waals surface area contributed by atoms with E-state index in [0.29, 0.717) is 0 Å². The Morgan fingerprint density at radius 1 is 1.15 bits per heavy atom. The van der Waals surface area contributed by atoms with Gasteiger partial charge in [-0.15, -0.1) is 0 Å². The number of hydrogen-bond acceptors (Lipinski definition) is 6. The lowest BCUT2D eigenvalue weighted by atomic mass is 9.89. The lowest BCUT2D eigenvalue weighted by Gasteiger charge is -2.19. The van der Waals surface area contributed by atoms with Crippen molar-refractivity contribution >= 4 is 17.9 Å². The molecule has 0 heterocycles. The van der Waals surface area contributed by atoms with Crippen LogP contribution in [0.1, 0.15) is 20.3 Å². The molecule has 0 saturated carbocycles. The van der Waals surface area contributed by atoms with Gasteiger partial charge < -0.3 is 14.2 Å². The summed E-state index contributed by atoms with van der Waals surface area (Å²) in [6.07, 6.45) is 3.01. The Labute approximate surface area is 117 Å². The minimum atomic E-state index is -0.617. The Bertz CT molecular complexity index is 460. The second kappa shape index (κ2) is 7.47. The van der Waals surface area contributed by atoms with Gasteiger partial charge in [0.05, 0.1) is 37.4 Å². The van der Waals surface area contributed by atoms with Gasteiger partial charge in [0.25, 0.3) is 0 Å². The summed E-state index contributed by atoms with van der Waals surface area (Å²) in [6, 6.07) is 0. The molecule has 0 saturated heterocycles. The Morgan fingerprint density at radius 2 is 1.75 bits per heavy atom. The fourth-order valence-corrected chi connectivity index (χ4v) is 1.84. The summed E-state index contributed by atoms with van der Waals surface area (Å²) in [7, 11) is 1.27. The average molecular weight is 282 g/mol. The van der Waals surface area contributed by atoms with E-state index >= 15 is 0 Å². The molecule has 0 amide bonds. The van der Waals surface area contributed by atoms with Gasteiger partial charge in [0.15, 0.2) is 0 Å². The quantitative estimate of drug-likeness (QED) is 0.556. The zero-order chi connectivity index (χ0) is 15.1. The highest BCUT2D eigenvalue weighted by atomic mass is 16.5. The molecule has 1 atom stereocenters. The zero-order valence-corrected chi connectivity index (χ0v) is 11.8. The molecule has 0 spiro atoms. The first-order valence-electron chi connectivity index (χ1n) is 6.38. The van der Waals surface area contributed by atoms with Crippen LogP contribution in [0.3, 0.4) is 0 Å². The van der Waals surface area contributed by atoms with Crippen LogP contribution in [0.25, 0.3) is 0 Å². The number of carbonyl (C=O) groups is 3. The minimum absolute atomic E-state index is 0.0656. The maximum absolute atomic E-state index is 11.9. The van der Waals surface area contributed by atoms with E-state index in [9.17, 15) is 14.4 Å². The first kappa shape index (κ1) is 15.9. The summed E-state index contributed by atoms with van der Waals surface area (Å²) in [6.45, 7) is 3.73. The van der Waals surface area contributed by atoms with Gasteiger partial charge in [-0.25, -0.2) is 9.59 Å². The van der Waals surface area contributed by atoms with Crippen molar-refractivity contribution in [3.63, 3.8) is 0 Å². The highest BCUT2D eigenvalue weighted by Gasteiger charge is 2.30. The molecule has 0 aromatic heterocycles. The maximum atomic E-state index is 11.9. The number of carbonyl (C=O) groups excluding carboxylic acids is 3. The van der Waals surface area contributed by atoms with Gasteiger partial charge >= 0.3 is 17.9 Å². The highest BCUT2D eigenvalue weighted by molar-refractivity contribution is 6.03. The van der Waals surface area contributed by atoms with Gasteiger partial charge in [-0.2, -0.15) is 0 Å². The fourth-order valence-electron chi connectivity index (χ4n) is 1.84. The molecule has 110 valence electrons. The van der Waals surface area contributed by atoms with Crippen molar-refractivity contribution in [2.75, 3.05) is 20.3 Å². The standard InChI is InChI=1S/C14H18O6/c1-4-19-13(16)10-7-6-9(12(15)18-3)8-11(10)14(17)20-5-2/h6-7,9H,4-5,8H2,1-3H3/t9-/m1/s1. The van der Waals surface area contributed by atoms with E-state index in [2.05, 4.69) is 4.74 Å². The van der Waals surface area contributed by atoms with Crippen LogP contribution in [-0.4, -0.2) is 38.2 Å². The monoisotopic (exact) mass is 282 g/mol. The third kappa shape index (κ3) is 3.69. The maximum Gasteiger partial charge on any atom is 0.338 e. The van der Waals surface area contributed by atoms with E-state index in [0.717, 1.165) is 0 Å². The molecular formula is C14H18O6. The Hall–Kier alpha value is -2.11. The molecule has 6 heteroatoms. The van der Waals surface area contributed by atoms with Crippen LogP contribution in [0, 0.1) is 5.92 Å². The fraction of sp³-hybridized carbons (Fsp3) is 0.500. The van der Waals surface area contributed by atoms with Crippen molar-refractivity contribution < 1.29 is 28.6 Å². The molecule has 0 radical (unpaired) electrons. The van der Waals surface area contributed by atoms with E-state index < -0.39 is 23.8 Å². The van der Waals surface area contributed by atoms with Gasteiger partial charge in [-0.1, -0.05) is 12.2 Å². The third-order valence-electron chi connectivity index (χ3n) is 2.77. The number of rotatable bonds is 5. The van der Waals surface area contributed by atoms with Crippen molar-refractivity contribution in [3.05, 3.63) is 23.3 Å². The summed E-state index contributed by atoms with van der Waals surface area (Å²) in [5.41, 5.74) is 0.272. The molecule has 1 aliphatic carbocycles. The number of methoxy groups -OCH3 is 1. The van der Waals surface area contributed by atoms with Crippen LogP contribution in [0.2, 0.25) is 0 Å². The second-order valence-electron chi connectivity index (χ2n) is 4.03. The molecule has 6 nitrogen and oxygen atoms in total. The Kier molecular flexibility index (Phi) is 5.96. The molecule has 0 N–H and O–H groups in total. The molecule has 0 unspecified atom stereocenters. The molecule has 20 heavy (non-hydrogen) atoms. The summed E-state index contributed by atoms with van der Waals surface area (Å²) in [5, 5.41) is 0. The number of hydrogen-bond donors (Lipinski definition) is 0. The molecule has 1 aliphatic rings. The van der Waals surface area contributed by atoms with Crippen molar-refractivity contribution in [2.45, 2.75) is 20.3 Å². The van der Waals surface area contributed by atoms with E-state index in [1.807, 2.05) is 0 Å². The number of esters is 3. The van der Waals surface area contributed by atoms with Crippen molar-refractivity contribution in [2.24, 2.45) is 5.92 Å². The molecule has 0 bridgehead atoms. The summed E-state index contributed by atoms with van der Waals surface area (Å²) in [4.78, 5) is 35.2. The van der Waals surface area contributed by atoms with Gasteiger partial charge in [0.1, 0.15) is 0 Å². The molecule has 0 aromatic rings. The van der Waals surface area contributed by atoms with E-state index in [1.165, 1.54) is 19.3 Å². The van der Waals surface area contributed by atoms with Gasteiger partial charge in [-0.05, 0) is 20.3 Å². The van der Waals surface area contributed by atoms with E-state index in [1.54, 1.807) is 13.8 Å². The van der Waals surface area contributed by atoms with Crippen LogP contribution in [0.5, 0.6) is 0 Å². The highest BCUT2D eigenvalue weighted by Crippen LogP contribution is 2.26. The largest absolute Gasteiger partial charge is 0.469 e. The van der Waals surface area contributed by atoms with Gasteiger partial charge in [0.2, 0.25) is 0 Å². The molecular weight excluding hydrogens is 264 g/mol. The normalized spacial score (nSPS) is 17.6. The van der Waals surface area contributed by atoms with Crippen molar-refractivity contribution in [1.29, 1.82) is 0 Å². The second-order valence-corrected chi connectivity index (χ2v) is 4.03. The summed E-state index contributed by atoms with van der Waals surface area (Å²) >= 11 is 0. The predicted molar refractivity (Wildman–Crippen MR) is 69.6 cm³/mol. The SMILES string of the molecule is CCOC(=O)C1=C(C(=O)OCC)C[C@H](C(=O)OC)C=C1. The van der Waals surface area contributed by atoms with Crippen LogP contribution in [0.4, 0.5) is 0 Å². The van der Waals surface area contributed by atoms with E-state index in [-0.39, 0.29) is 30.8 Å². The van der Waals surface area contributed by atoms with Crippen LogP contribution in [-0.2, 0) is 28.6 Å². The predicted octanol–water partition coefficient (Wildman–Crippen LogP) is 1.16. The zero-order valence-electron chi connectivity index (χ0n) is 11.8. The Balaban J connectivity index is 3.05. The molecule has 0 aliphatic heterocycles. The van der Waals surface area contributed by atoms with Gasteiger partial charge in [-0.3, -0.25) is 4.79 Å². The van der Waals surface area contributed by atoms with Crippen molar-refractivity contribution in [1.82, 2.24) is 0 Å². The summed E-state index contributed by atoms with van der Waals surface area (Å²) < 4.78 is 14.4. The Morgan fingerprint density at radius 3 is 2.30 bits per heavy atom. The first-order chi connectivity index (χ1) is 9.54.